The number of alkyl halides is 3. The molecule has 1 N–H and O–H groups in total. The molecule has 29 heavy (non-hydrogen) atoms. The van der Waals surface area contributed by atoms with Gasteiger partial charge in [-0.1, -0.05) is 11.6 Å². The first-order valence-electron chi connectivity index (χ1n) is 8.99. The Hall–Kier alpha value is -2.13. The van der Waals surface area contributed by atoms with E-state index in [4.69, 9.17) is 20.4 Å². The molecule has 5 nitrogen and oxygen atoms in total. The Balaban J connectivity index is 1.33. The quantitative estimate of drug-likeness (QED) is 0.489. The molecule has 0 atom stereocenters. The monoisotopic (exact) mass is 444 g/mol. The molecule has 1 fully saturated rings. The number of carbonyl (C=O) groups excluding carboxylic acids is 1. The van der Waals surface area contributed by atoms with Crippen LogP contribution in [0.3, 0.4) is 0 Å². The number of hydrogen-bond donors (Lipinski definition) is 1. The summed E-state index contributed by atoms with van der Waals surface area (Å²) < 4.78 is 47.9. The summed E-state index contributed by atoms with van der Waals surface area (Å²) in [5, 5.41) is 3.06. The number of nitrogens with one attached hydrogen (secondary N) is 1. The lowest BCUT2D eigenvalue weighted by Gasteiger charge is -2.27. The maximum absolute atomic E-state index is 12.4. The van der Waals surface area contributed by atoms with Crippen molar-refractivity contribution in [2.45, 2.75) is 48.2 Å². The van der Waals surface area contributed by atoms with Gasteiger partial charge in [0.25, 0.3) is 5.91 Å². The first-order valence-corrected chi connectivity index (χ1v) is 10.2. The van der Waals surface area contributed by atoms with Crippen molar-refractivity contribution in [1.29, 1.82) is 0 Å². The van der Waals surface area contributed by atoms with Crippen LogP contribution in [0.1, 0.15) is 48.0 Å². The summed E-state index contributed by atoms with van der Waals surface area (Å²) in [6.45, 7) is 0. The average molecular weight is 445 g/mol. The van der Waals surface area contributed by atoms with E-state index in [1.807, 2.05) is 0 Å². The molecular weight excluding hydrogens is 429 g/mol. The Morgan fingerprint density at radius 1 is 1.14 bits per heavy atom. The first-order chi connectivity index (χ1) is 13.8. The molecule has 0 aliphatic heterocycles. The Kier molecular flexibility index (Phi) is 5.52. The van der Waals surface area contributed by atoms with Crippen LogP contribution in [0.5, 0.6) is 0 Å². The molecule has 0 bridgehead atoms. The van der Waals surface area contributed by atoms with Crippen molar-refractivity contribution in [3.05, 3.63) is 47.0 Å². The van der Waals surface area contributed by atoms with Crippen molar-refractivity contribution in [3.8, 4) is 0 Å². The highest BCUT2D eigenvalue weighted by Gasteiger charge is 2.32. The molecule has 1 aromatic carbocycles. The van der Waals surface area contributed by atoms with Crippen molar-refractivity contribution < 1.29 is 26.8 Å². The second-order valence-electron chi connectivity index (χ2n) is 6.85. The Morgan fingerprint density at radius 2 is 1.90 bits per heavy atom. The smallest absolute Gasteiger partial charge is 0.444 e. The lowest BCUT2D eigenvalue weighted by Crippen LogP contribution is -2.37. The number of nitrogens with zero attached hydrogens (tertiary/aromatic N) is 1. The van der Waals surface area contributed by atoms with Gasteiger partial charge >= 0.3 is 5.51 Å². The largest absolute Gasteiger partial charge is 0.449 e. The van der Waals surface area contributed by atoms with Gasteiger partial charge in [0, 0.05) is 28.7 Å². The van der Waals surface area contributed by atoms with Crippen LogP contribution in [0, 0.1) is 0 Å². The first kappa shape index (κ1) is 20.2. The van der Waals surface area contributed by atoms with Crippen LogP contribution in [0.4, 0.5) is 13.2 Å². The molecule has 154 valence electrons. The molecule has 4 rings (SSSR count). The van der Waals surface area contributed by atoms with Gasteiger partial charge in [-0.05, 0) is 56.0 Å². The number of hydrogen-bond acceptors (Lipinski definition) is 5. The molecule has 0 unspecified atom stereocenters. The van der Waals surface area contributed by atoms with E-state index in [1.54, 1.807) is 18.2 Å². The number of oxazole rings is 1. The second-order valence-corrected chi connectivity index (χ2v) is 8.36. The third-order valence-corrected chi connectivity index (χ3v) is 5.69. The summed E-state index contributed by atoms with van der Waals surface area (Å²) in [5.74, 6) is 0.160. The summed E-state index contributed by atoms with van der Waals surface area (Å²) in [6.07, 6.45) is 2.97. The number of carbonyl (C=O) groups is 1. The standard InChI is InChI=1S/C19H16ClF3N2O3S/c20-11-3-6-14-13(9-11)25-18(28-14)10-1-4-12(5-2-10)24-17(26)15-7-8-16(27-15)29-19(21,22)23/h3,6-10,12H,1-2,4-5H2,(H,24,26). The fraction of sp³-hybridized carbons (Fsp3) is 0.368. The molecule has 1 aliphatic rings. The van der Waals surface area contributed by atoms with E-state index in [-0.39, 0.29) is 34.6 Å². The van der Waals surface area contributed by atoms with Gasteiger partial charge in [-0.3, -0.25) is 4.79 Å². The van der Waals surface area contributed by atoms with Crippen molar-refractivity contribution in [1.82, 2.24) is 10.3 Å². The van der Waals surface area contributed by atoms with Gasteiger partial charge in [-0.25, -0.2) is 4.98 Å². The minimum absolute atomic E-state index is 0.0820. The molecule has 0 saturated heterocycles. The number of fused-ring (bicyclic) bond motifs is 1. The fourth-order valence-electron chi connectivity index (χ4n) is 3.45. The Labute approximate surface area is 173 Å². The van der Waals surface area contributed by atoms with E-state index in [2.05, 4.69) is 10.3 Å². The van der Waals surface area contributed by atoms with E-state index in [1.165, 1.54) is 6.07 Å². The van der Waals surface area contributed by atoms with Crippen molar-refractivity contribution in [2.24, 2.45) is 0 Å². The van der Waals surface area contributed by atoms with Gasteiger partial charge in [-0.15, -0.1) is 0 Å². The van der Waals surface area contributed by atoms with Gasteiger partial charge in [0.2, 0.25) is 0 Å². The van der Waals surface area contributed by atoms with Crippen molar-refractivity contribution >= 4 is 40.4 Å². The van der Waals surface area contributed by atoms with Gasteiger partial charge < -0.3 is 14.2 Å². The molecule has 2 heterocycles. The molecule has 0 spiro atoms. The number of thioether (sulfide) groups is 1. The van der Waals surface area contributed by atoms with Gasteiger partial charge in [0.05, 0.1) is 0 Å². The number of amides is 1. The summed E-state index contributed by atoms with van der Waals surface area (Å²) in [4.78, 5) is 16.8. The highest BCUT2D eigenvalue weighted by molar-refractivity contribution is 8.00. The lowest BCUT2D eigenvalue weighted by atomic mass is 9.86. The number of halogens is 4. The van der Waals surface area contributed by atoms with Crippen molar-refractivity contribution in [3.63, 3.8) is 0 Å². The summed E-state index contributed by atoms with van der Waals surface area (Å²) in [5.41, 5.74) is -3.06. The molecule has 1 saturated carbocycles. The molecule has 1 aliphatic carbocycles. The zero-order valence-electron chi connectivity index (χ0n) is 15.0. The topological polar surface area (TPSA) is 68.3 Å². The van der Waals surface area contributed by atoms with E-state index in [0.29, 0.717) is 34.9 Å². The normalized spacial score (nSPS) is 20.1. The SMILES string of the molecule is O=C(NC1CCC(c2nc3cc(Cl)ccc3o2)CC1)c1ccc(SC(F)(F)F)o1. The minimum atomic E-state index is -4.46. The maximum atomic E-state index is 12.4. The number of aromatic nitrogens is 1. The predicted molar refractivity (Wildman–Crippen MR) is 102 cm³/mol. The Bertz CT molecular complexity index is 1030. The molecule has 1 amide bonds. The molecule has 0 radical (unpaired) electrons. The van der Waals surface area contributed by atoms with Gasteiger partial charge in [-0.2, -0.15) is 13.2 Å². The minimum Gasteiger partial charge on any atom is -0.444 e. The van der Waals surface area contributed by atoms with Crippen molar-refractivity contribution in [2.75, 3.05) is 0 Å². The number of benzene rings is 1. The number of rotatable bonds is 4. The second kappa shape index (κ2) is 7.95. The van der Waals surface area contributed by atoms with E-state index in [0.717, 1.165) is 18.9 Å². The van der Waals surface area contributed by atoms with Crippen LogP contribution in [-0.4, -0.2) is 22.4 Å². The third-order valence-electron chi connectivity index (χ3n) is 4.80. The molecular formula is C19H16ClF3N2O3S. The molecule has 2 aromatic heterocycles. The van der Waals surface area contributed by atoms with Crippen LogP contribution in [-0.2, 0) is 0 Å². The highest BCUT2D eigenvalue weighted by Crippen LogP contribution is 2.38. The summed E-state index contributed by atoms with van der Waals surface area (Å²) in [7, 11) is 0. The lowest BCUT2D eigenvalue weighted by molar-refractivity contribution is -0.0335. The predicted octanol–water partition coefficient (Wildman–Crippen LogP) is 6.14. The molecule has 10 heteroatoms. The van der Waals surface area contributed by atoms with E-state index < -0.39 is 11.4 Å². The van der Waals surface area contributed by atoms with Gasteiger partial charge in [0.15, 0.2) is 22.3 Å². The summed E-state index contributed by atoms with van der Waals surface area (Å²) in [6, 6.07) is 7.60. The van der Waals surface area contributed by atoms with Crippen LogP contribution in [0.2, 0.25) is 5.02 Å². The van der Waals surface area contributed by atoms with E-state index in [9.17, 15) is 18.0 Å². The Morgan fingerprint density at radius 3 is 2.62 bits per heavy atom. The maximum Gasteiger partial charge on any atom is 0.449 e. The van der Waals surface area contributed by atoms with Crippen LogP contribution < -0.4 is 5.32 Å². The molecule has 3 aromatic rings. The van der Waals surface area contributed by atoms with Gasteiger partial charge in [0.1, 0.15) is 5.52 Å². The highest BCUT2D eigenvalue weighted by atomic mass is 35.5. The zero-order chi connectivity index (χ0) is 20.6. The van der Waals surface area contributed by atoms with Crippen LogP contribution in [0.25, 0.3) is 11.1 Å². The number of furan rings is 1. The van der Waals surface area contributed by atoms with E-state index >= 15 is 0 Å². The third kappa shape index (κ3) is 4.90. The zero-order valence-corrected chi connectivity index (χ0v) is 16.5. The van der Waals surface area contributed by atoms with Crippen LogP contribution in [0.15, 0.2) is 44.3 Å². The summed E-state index contributed by atoms with van der Waals surface area (Å²) >= 11 is 5.59. The average Bonchev–Trinajstić information content (AvgIpc) is 3.27. The van der Waals surface area contributed by atoms with Crippen LogP contribution >= 0.6 is 23.4 Å². The fourth-order valence-corrected chi connectivity index (χ4v) is 4.11.